The summed E-state index contributed by atoms with van der Waals surface area (Å²) < 4.78 is 11.4. The number of rotatable bonds is 5. The quantitative estimate of drug-likeness (QED) is 0.861. The molecule has 0 spiro atoms. The minimum atomic E-state index is -0.277. The largest absolute Gasteiger partial charge is 0.495 e. The first-order valence-corrected chi connectivity index (χ1v) is 7.27. The molecule has 0 atom stereocenters. The van der Waals surface area contributed by atoms with Crippen LogP contribution in [0.3, 0.4) is 0 Å². The third kappa shape index (κ3) is 4.65. The average Bonchev–Trinajstić information content (AvgIpc) is 2.47. The number of nitrogens with one attached hydrogen (secondary N) is 1. The predicted molar refractivity (Wildman–Crippen MR) is 86.3 cm³/mol. The standard InChI is InChI=1S/C15H13BrClNO3/c1-20-14-7-2-10(16)8-13(14)18-15(19)9-21-12-5-3-11(17)4-6-12/h2-8H,9H2,1H3,(H,18,19). The molecule has 0 radical (unpaired) electrons. The fraction of sp³-hybridized carbons (Fsp3) is 0.133. The molecular weight excluding hydrogens is 358 g/mol. The van der Waals surface area contributed by atoms with Gasteiger partial charge in [-0.2, -0.15) is 0 Å². The van der Waals surface area contributed by atoms with Gasteiger partial charge in [-0.3, -0.25) is 4.79 Å². The van der Waals surface area contributed by atoms with Crippen LogP contribution in [-0.2, 0) is 4.79 Å². The van der Waals surface area contributed by atoms with Crippen LogP contribution in [-0.4, -0.2) is 19.6 Å². The van der Waals surface area contributed by atoms with Gasteiger partial charge in [0, 0.05) is 9.50 Å². The molecule has 0 unspecified atom stereocenters. The van der Waals surface area contributed by atoms with Gasteiger partial charge in [0.1, 0.15) is 11.5 Å². The van der Waals surface area contributed by atoms with Gasteiger partial charge in [-0.1, -0.05) is 27.5 Å². The molecule has 1 N–H and O–H groups in total. The van der Waals surface area contributed by atoms with Crippen LogP contribution in [0.4, 0.5) is 5.69 Å². The first kappa shape index (κ1) is 15.7. The Morgan fingerprint density at radius 1 is 1.24 bits per heavy atom. The van der Waals surface area contributed by atoms with Gasteiger partial charge in [-0.25, -0.2) is 0 Å². The molecule has 0 aromatic heterocycles. The van der Waals surface area contributed by atoms with Crippen LogP contribution in [0.1, 0.15) is 0 Å². The Morgan fingerprint density at radius 3 is 2.62 bits per heavy atom. The number of ether oxygens (including phenoxy) is 2. The van der Waals surface area contributed by atoms with E-state index in [9.17, 15) is 4.79 Å². The van der Waals surface area contributed by atoms with Gasteiger partial charge >= 0.3 is 0 Å². The van der Waals surface area contributed by atoms with E-state index in [-0.39, 0.29) is 12.5 Å². The van der Waals surface area contributed by atoms with E-state index in [1.54, 1.807) is 43.5 Å². The monoisotopic (exact) mass is 369 g/mol. The number of hydrogen-bond donors (Lipinski definition) is 1. The van der Waals surface area contributed by atoms with E-state index in [1.165, 1.54) is 0 Å². The fourth-order valence-corrected chi connectivity index (χ4v) is 2.13. The third-order valence-corrected chi connectivity index (χ3v) is 3.36. The van der Waals surface area contributed by atoms with E-state index in [2.05, 4.69) is 21.2 Å². The van der Waals surface area contributed by atoms with Crippen molar-refractivity contribution >= 4 is 39.1 Å². The Morgan fingerprint density at radius 2 is 1.95 bits per heavy atom. The molecule has 0 aliphatic rings. The molecule has 0 aliphatic carbocycles. The maximum atomic E-state index is 11.9. The molecule has 0 aliphatic heterocycles. The average molecular weight is 371 g/mol. The van der Waals surface area contributed by atoms with Gasteiger partial charge in [0.2, 0.25) is 0 Å². The molecule has 0 fully saturated rings. The normalized spacial score (nSPS) is 10.0. The third-order valence-electron chi connectivity index (χ3n) is 2.62. The molecule has 6 heteroatoms. The summed E-state index contributed by atoms with van der Waals surface area (Å²) in [6.45, 7) is -0.0999. The Hall–Kier alpha value is -1.72. The topological polar surface area (TPSA) is 47.6 Å². The van der Waals surface area contributed by atoms with Crippen LogP contribution in [0.25, 0.3) is 0 Å². The molecule has 21 heavy (non-hydrogen) atoms. The highest BCUT2D eigenvalue weighted by molar-refractivity contribution is 9.10. The maximum absolute atomic E-state index is 11.9. The number of benzene rings is 2. The zero-order valence-electron chi connectivity index (χ0n) is 11.2. The lowest BCUT2D eigenvalue weighted by Gasteiger charge is -2.11. The number of hydrogen-bond acceptors (Lipinski definition) is 3. The second-order valence-electron chi connectivity index (χ2n) is 4.14. The highest BCUT2D eigenvalue weighted by Crippen LogP contribution is 2.27. The van der Waals surface area contributed by atoms with Gasteiger partial charge in [0.15, 0.2) is 6.61 Å². The van der Waals surface area contributed by atoms with Crippen molar-refractivity contribution in [1.29, 1.82) is 0 Å². The van der Waals surface area contributed by atoms with Crippen LogP contribution in [0.2, 0.25) is 5.02 Å². The van der Waals surface area contributed by atoms with Crippen molar-refractivity contribution in [3.8, 4) is 11.5 Å². The number of methoxy groups -OCH3 is 1. The van der Waals surface area contributed by atoms with Crippen molar-refractivity contribution in [3.05, 3.63) is 52.0 Å². The van der Waals surface area contributed by atoms with Crippen LogP contribution >= 0.6 is 27.5 Å². The molecule has 1 amide bonds. The molecule has 4 nitrogen and oxygen atoms in total. The molecule has 0 bridgehead atoms. The lowest BCUT2D eigenvalue weighted by molar-refractivity contribution is -0.118. The summed E-state index contributed by atoms with van der Waals surface area (Å²) in [5.41, 5.74) is 0.580. The van der Waals surface area contributed by atoms with E-state index >= 15 is 0 Å². The smallest absolute Gasteiger partial charge is 0.262 e. The lowest BCUT2D eigenvalue weighted by Crippen LogP contribution is -2.20. The number of amides is 1. The minimum absolute atomic E-state index is 0.0999. The second-order valence-corrected chi connectivity index (χ2v) is 5.49. The Labute approximate surface area is 136 Å². The van der Waals surface area contributed by atoms with E-state index in [0.29, 0.717) is 22.2 Å². The van der Waals surface area contributed by atoms with Gasteiger partial charge < -0.3 is 14.8 Å². The first-order valence-electron chi connectivity index (χ1n) is 6.10. The van der Waals surface area contributed by atoms with Crippen LogP contribution in [0.5, 0.6) is 11.5 Å². The van der Waals surface area contributed by atoms with Gasteiger partial charge in [-0.15, -0.1) is 0 Å². The molecule has 2 aromatic carbocycles. The number of carbonyl (C=O) groups is 1. The zero-order valence-corrected chi connectivity index (χ0v) is 13.6. The van der Waals surface area contributed by atoms with Crippen LogP contribution < -0.4 is 14.8 Å². The van der Waals surface area contributed by atoms with Crippen molar-refractivity contribution in [1.82, 2.24) is 0 Å². The van der Waals surface area contributed by atoms with Crippen molar-refractivity contribution in [3.63, 3.8) is 0 Å². The molecule has 0 heterocycles. The predicted octanol–water partition coefficient (Wildman–Crippen LogP) is 4.13. The van der Waals surface area contributed by atoms with Crippen molar-refractivity contribution in [2.24, 2.45) is 0 Å². The second kappa shape index (κ2) is 7.33. The van der Waals surface area contributed by atoms with E-state index in [1.807, 2.05) is 6.07 Å². The fourth-order valence-electron chi connectivity index (χ4n) is 1.64. The summed E-state index contributed by atoms with van der Waals surface area (Å²) >= 11 is 9.12. The molecular formula is C15H13BrClNO3. The van der Waals surface area contributed by atoms with Crippen molar-refractivity contribution < 1.29 is 14.3 Å². The molecule has 110 valence electrons. The molecule has 0 saturated carbocycles. The highest BCUT2D eigenvalue weighted by atomic mass is 79.9. The van der Waals surface area contributed by atoms with Crippen molar-refractivity contribution in [2.45, 2.75) is 0 Å². The van der Waals surface area contributed by atoms with Gasteiger partial charge in [0.05, 0.1) is 12.8 Å². The molecule has 2 rings (SSSR count). The van der Waals surface area contributed by atoms with Gasteiger partial charge in [0.25, 0.3) is 5.91 Å². The van der Waals surface area contributed by atoms with E-state index in [4.69, 9.17) is 21.1 Å². The van der Waals surface area contributed by atoms with E-state index in [0.717, 1.165) is 4.47 Å². The Bertz CT molecular complexity index is 631. The Balaban J connectivity index is 1.95. The van der Waals surface area contributed by atoms with E-state index < -0.39 is 0 Å². The lowest BCUT2D eigenvalue weighted by atomic mass is 10.3. The molecule has 2 aromatic rings. The van der Waals surface area contributed by atoms with Crippen LogP contribution in [0.15, 0.2) is 46.9 Å². The summed E-state index contributed by atoms with van der Waals surface area (Å²) in [6.07, 6.45) is 0. The summed E-state index contributed by atoms with van der Waals surface area (Å²) in [6, 6.07) is 12.2. The first-order chi connectivity index (χ1) is 10.1. The van der Waals surface area contributed by atoms with Crippen LogP contribution in [0, 0.1) is 0 Å². The highest BCUT2D eigenvalue weighted by Gasteiger charge is 2.09. The number of halogens is 2. The minimum Gasteiger partial charge on any atom is -0.495 e. The number of anilines is 1. The SMILES string of the molecule is COc1ccc(Br)cc1NC(=O)COc1ccc(Cl)cc1. The van der Waals surface area contributed by atoms with Crippen molar-refractivity contribution in [2.75, 3.05) is 19.0 Å². The summed E-state index contributed by atoms with van der Waals surface area (Å²) in [5, 5.41) is 3.36. The maximum Gasteiger partial charge on any atom is 0.262 e. The summed E-state index contributed by atoms with van der Waals surface area (Å²) in [4.78, 5) is 11.9. The van der Waals surface area contributed by atoms with Gasteiger partial charge in [-0.05, 0) is 42.5 Å². The summed E-state index contributed by atoms with van der Waals surface area (Å²) in [5.74, 6) is 0.884. The number of carbonyl (C=O) groups excluding carboxylic acids is 1. The Kier molecular flexibility index (Phi) is 5.47. The zero-order chi connectivity index (χ0) is 15.2. The molecule has 0 saturated heterocycles. The summed E-state index contributed by atoms with van der Waals surface area (Å²) in [7, 11) is 1.54.